The summed E-state index contributed by atoms with van der Waals surface area (Å²) in [7, 11) is 0. The third-order valence-electron chi connectivity index (χ3n) is 5.33. The first kappa shape index (κ1) is 16.4. The molecular weight excluding hydrogens is 314 g/mol. The van der Waals surface area contributed by atoms with E-state index in [4.69, 9.17) is 11.6 Å². The highest BCUT2D eigenvalue weighted by molar-refractivity contribution is 6.30. The van der Waals surface area contributed by atoms with Gasteiger partial charge in [-0.2, -0.15) is 5.10 Å². The highest BCUT2D eigenvalue weighted by atomic mass is 35.5. The molecule has 124 valence electrons. The SMILES string of the molecule is CC1(C)CC[C@@H]([C@@H](O)c2ccc(Cl)cc2)[C@]1(O)Cn1cncn1. The van der Waals surface area contributed by atoms with Crippen molar-refractivity contribution < 1.29 is 10.2 Å². The van der Waals surface area contributed by atoms with E-state index in [1.165, 1.54) is 6.33 Å². The Morgan fingerprint density at radius 2 is 2.04 bits per heavy atom. The lowest BCUT2D eigenvalue weighted by atomic mass is 9.71. The van der Waals surface area contributed by atoms with Crippen molar-refractivity contribution in [1.29, 1.82) is 0 Å². The number of benzene rings is 1. The van der Waals surface area contributed by atoms with Crippen LogP contribution in [0.3, 0.4) is 0 Å². The van der Waals surface area contributed by atoms with E-state index in [1.54, 1.807) is 23.1 Å². The summed E-state index contributed by atoms with van der Waals surface area (Å²) in [6.07, 6.45) is 3.89. The fourth-order valence-electron chi connectivity index (χ4n) is 3.68. The van der Waals surface area contributed by atoms with Gasteiger partial charge in [-0.3, -0.25) is 4.68 Å². The van der Waals surface area contributed by atoms with Crippen LogP contribution in [0.25, 0.3) is 0 Å². The van der Waals surface area contributed by atoms with Crippen molar-refractivity contribution in [1.82, 2.24) is 14.8 Å². The number of aliphatic hydroxyl groups is 2. The lowest BCUT2D eigenvalue weighted by molar-refractivity contribution is -0.121. The summed E-state index contributed by atoms with van der Waals surface area (Å²) in [6, 6.07) is 7.15. The number of aliphatic hydroxyl groups excluding tert-OH is 1. The third kappa shape index (κ3) is 2.89. The van der Waals surface area contributed by atoms with Crippen LogP contribution in [0.2, 0.25) is 5.02 Å². The summed E-state index contributed by atoms with van der Waals surface area (Å²) in [6.45, 7) is 4.40. The molecule has 1 heterocycles. The first-order valence-electron chi connectivity index (χ1n) is 7.82. The topological polar surface area (TPSA) is 71.2 Å². The number of hydrogen-bond acceptors (Lipinski definition) is 4. The van der Waals surface area contributed by atoms with Gasteiger partial charge in [-0.15, -0.1) is 0 Å². The normalized spacial score (nSPS) is 28.0. The molecule has 3 atom stereocenters. The second-order valence-corrected chi connectivity index (χ2v) is 7.48. The van der Waals surface area contributed by atoms with Crippen molar-refractivity contribution >= 4 is 11.6 Å². The minimum Gasteiger partial charge on any atom is -0.388 e. The van der Waals surface area contributed by atoms with Crippen LogP contribution in [-0.4, -0.2) is 30.6 Å². The molecule has 1 fully saturated rings. The molecule has 1 aliphatic carbocycles. The molecule has 0 bridgehead atoms. The van der Waals surface area contributed by atoms with E-state index >= 15 is 0 Å². The molecule has 6 heteroatoms. The monoisotopic (exact) mass is 335 g/mol. The fraction of sp³-hybridized carbons (Fsp3) is 0.529. The Morgan fingerprint density at radius 1 is 1.35 bits per heavy atom. The second kappa shape index (κ2) is 5.89. The Balaban J connectivity index is 1.91. The molecule has 0 amide bonds. The summed E-state index contributed by atoms with van der Waals surface area (Å²) in [5.74, 6) is -0.275. The van der Waals surface area contributed by atoms with Crippen LogP contribution in [0.1, 0.15) is 38.4 Å². The number of rotatable bonds is 4. The van der Waals surface area contributed by atoms with Gasteiger partial charge in [0.15, 0.2) is 0 Å². The molecule has 3 rings (SSSR count). The van der Waals surface area contributed by atoms with Crippen LogP contribution >= 0.6 is 11.6 Å². The van der Waals surface area contributed by atoms with E-state index < -0.39 is 11.7 Å². The van der Waals surface area contributed by atoms with Crippen LogP contribution in [0.15, 0.2) is 36.9 Å². The zero-order valence-electron chi connectivity index (χ0n) is 13.4. The molecule has 0 spiro atoms. The van der Waals surface area contributed by atoms with Crippen molar-refractivity contribution in [2.75, 3.05) is 0 Å². The number of halogens is 1. The van der Waals surface area contributed by atoms with Crippen molar-refractivity contribution in [2.45, 2.75) is 44.9 Å². The predicted molar refractivity (Wildman–Crippen MR) is 87.9 cm³/mol. The van der Waals surface area contributed by atoms with Gasteiger partial charge in [0.05, 0.1) is 18.2 Å². The molecule has 5 nitrogen and oxygen atoms in total. The van der Waals surface area contributed by atoms with Gasteiger partial charge in [0, 0.05) is 10.9 Å². The molecule has 23 heavy (non-hydrogen) atoms. The van der Waals surface area contributed by atoms with Crippen LogP contribution in [0.5, 0.6) is 0 Å². The van der Waals surface area contributed by atoms with Crippen molar-refractivity contribution in [2.24, 2.45) is 11.3 Å². The van der Waals surface area contributed by atoms with Gasteiger partial charge < -0.3 is 10.2 Å². The molecule has 0 radical (unpaired) electrons. The first-order valence-corrected chi connectivity index (χ1v) is 8.20. The van der Waals surface area contributed by atoms with Crippen LogP contribution in [-0.2, 0) is 6.54 Å². The minimum absolute atomic E-state index is 0.275. The zero-order valence-corrected chi connectivity index (χ0v) is 14.1. The van der Waals surface area contributed by atoms with Gasteiger partial charge in [0.25, 0.3) is 0 Å². The molecule has 1 aliphatic rings. The maximum absolute atomic E-state index is 11.5. The van der Waals surface area contributed by atoms with Crippen LogP contribution < -0.4 is 0 Å². The van der Waals surface area contributed by atoms with Gasteiger partial charge >= 0.3 is 0 Å². The number of nitrogens with zero attached hydrogens (tertiary/aromatic N) is 3. The summed E-state index contributed by atoms with van der Waals surface area (Å²) in [5.41, 5.74) is -0.620. The second-order valence-electron chi connectivity index (χ2n) is 7.04. The zero-order chi connectivity index (χ0) is 16.7. The molecule has 0 aliphatic heterocycles. The maximum atomic E-state index is 11.5. The first-order chi connectivity index (χ1) is 10.8. The van der Waals surface area contributed by atoms with Crippen LogP contribution in [0.4, 0.5) is 0 Å². The van der Waals surface area contributed by atoms with Crippen LogP contribution in [0, 0.1) is 11.3 Å². The lowest BCUT2D eigenvalue weighted by Gasteiger charge is -2.42. The largest absolute Gasteiger partial charge is 0.388 e. The number of hydrogen-bond donors (Lipinski definition) is 2. The van der Waals surface area contributed by atoms with Crippen molar-refractivity contribution in [3.05, 3.63) is 47.5 Å². The molecular formula is C17H22ClN3O2. The molecule has 0 saturated heterocycles. The summed E-state index contributed by atoms with van der Waals surface area (Å²) in [4.78, 5) is 3.94. The Bertz CT molecular complexity index is 657. The van der Waals surface area contributed by atoms with E-state index in [9.17, 15) is 10.2 Å². The van der Waals surface area contributed by atoms with Crippen molar-refractivity contribution in [3.63, 3.8) is 0 Å². The summed E-state index contributed by atoms with van der Waals surface area (Å²) < 4.78 is 1.63. The Morgan fingerprint density at radius 3 is 2.65 bits per heavy atom. The molecule has 1 aromatic carbocycles. The van der Waals surface area contributed by atoms with E-state index in [0.717, 1.165) is 18.4 Å². The predicted octanol–water partition coefficient (Wildman–Crippen LogP) is 2.83. The Kier molecular flexibility index (Phi) is 4.21. The number of aromatic nitrogens is 3. The third-order valence-corrected chi connectivity index (χ3v) is 5.58. The van der Waals surface area contributed by atoms with E-state index in [2.05, 4.69) is 10.1 Å². The van der Waals surface area contributed by atoms with Gasteiger partial charge in [-0.1, -0.05) is 37.6 Å². The van der Waals surface area contributed by atoms with E-state index in [0.29, 0.717) is 11.6 Å². The lowest BCUT2D eigenvalue weighted by Crippen LogP contribution is -2.50. The van der Waals surface area contributed by atoms with Gasteiger partial charge in [-0.05, 0) is 36.0 Å². The quantitative estimate of drug-likeness (QED) is 0.901. The van der Waals surface area contributed by atoms with Gasteiger partial charge in [0.2, 0.25) is 0 Å². The molecule has 2 aromatic rings. The highest BCUT2D eigenvalue weighted by Gasteiger charge is 2.56. The van der Waals surface area contributed by atoms with Gasteiger partial charge in [-0.25, -0.2) is 4.98 Å². The molecule has 1 aromatic heterocycles. The Hall–Kier alpha value is -1.43. The average Bonchev–Trinajstić information content (AvgIpc) is 3.07. The highest BCUT2D eigenvalue weighted by Crippen LogP contribution is 2.54. The molecule has 1 saturated carbocycles. The smallest absolute Gasteiger partial charge is 0.137 e. The Labute approximate surface area is 140 Å². The molecule has 0 unspecified atom stereocenters. The standard InChI is InChI=1S/C17H22ClN3O2/c1-16(2)8-7-14(15(22)12-3-5-13(18)6-4-12)17(16,23)9-21-11-19-10-20-21/h3-6,10-11,14-15,22-23H,7-9H2,1-2H3/t14-,15-,17+/m0/s1. The molecule has 2 N–H and O–H groups in total. The van der Waals surface area contributed by atoms with E-state index in [-0.39, 0.29) is 11.3 Å². The maximum Gasteiger partial charge on any atom is 0.137 e. The van der Waals surface area contributed by atoms with Gasteiger partial charge in [0.1, 0.15) is 12.7 Å². The summed E-state index contributed by atoms with van der Waals surface area (Å²) >= 11 is 5.92. The van der Waals surface area contributed by atoms with Crippen molar-refractivity contribution in [3.8, 4) is 0 Å². The average molecular weight is 336 g/mol. The van der Waals surface area contributed by atoms with E-state index in [1.807, 2.05) is 26.0 Å². The fourth-order valence-corrected chi connectivity index (χ4v) is 3.80. The summed E-state index contributed by atoms with van der Waals surface area (Å²) in [5, 5.41) is 27.1. The minimum atomic E-state index is -1.07.